The van der Waals surface area contributed by atoms with E-state index in [1.807, 2.05) is 11.0 Å². The number of nitrogens with one attached hydrogen (secondary N) is 1. The molecule has 20 heavy (non-hydrogen) atoms. The molecule has 3 rings (SSSR count). The largest absolute Gasteiger partial charge is 0.314 e. The minimum absolute atomic E-state index is 0.127. The van der Waals surface area contributed by atoms with Crippen molar-refractivity contribution < 1.29 is 4.79 Å². The average molecular weight is 312 g/mol. The first-order valence-corrected chi connectivity index (χ1v) is 7.61. The third kappa shape index (κ3) is 2.40. The van der Waals surface area contributed by atoms with E-state index in [1.165, 1.54) is 0 Å². The van der Waals surface area contributed by atoms with Crippen LogP contribution in [0.5, 0.6) is 0 Å². The Bertz CT molecular complexity index is 690. The van der Waals surface area contributed by atoms with E-state index in [0.29, 0.717) is 5.02 Å². The summed E-state index contributed by atoms with van der Waals surface area (Å²) < 4.78 is 2.39. The number of hydrogen-bond donors (Lipinski definition) is 1. The highest BCUT2D eigenvalue weighted by Gasteiger charge is 2.24. The number of fused-ring (bicyclic) bond motifs is 1. The number of aromatic nitrogens is 1. The third-order valence-corrected chi connectivity index (χ3v) is 4.66. The van der Waals surface area contributed by atoms with Gasteiger partial charge in [0.1, 0.15) is 6.17 Å². The number of thiazole rings is 1. The number of piperazine rings is 1. The molecule has 1 fully saturated rings. The first-order chi connectivity index (χ1) is 9.70. The minimum Gasteiger partial charge on any atom is -0.314 e. The normalized spacial score (nSPS) is 18.2. The van der Waals surface area contributed by atoms with Crippen LogP contribution in [0.2, 0.25) is 5.02 Å². The number of nitrogens with zero attached hydrogens (tertiary/aromatic N) is 2. The fraction of sp³-hybridized carbons (Fsp3) is 0.385. The van der Waals surface area contributed by atoms with Gasteiger partial charge in [0, 0.05) is 31.2 Å². The Morgan fingerprint density at radius 2 is 2.10 bits per heavy atom. The highest BCUT2D eigenvalue weighted by Crippen LogP contribution is 2.25. The lowest BCUT2D eigenvalue weighted by Gasteiger charge is -2.32. The molecule has 1 saturated heterocycles. The molecule has 2 aromatic rings. The van der Waals surface area contributed by atoms with E-state index >= 15 is 0 Å². The fourth-order valence-corrected chi connectivity index (χ4v) is 3.57. The Kier molecular flexibility index (Phi) is 3.89. The first-order valence-electron chi connectivity index (χ1n) is 6.41. The topological polar surface area (TPSA) is 54.3 Å². The molecular formula is C13H14ClN3O2S. The molecule has 1 aliphatic rings. The van der Waals surface area contributed by atoms with Crippen molar-refractivity contribution in [1.82, 2.24) is 14.8 Å². The van der Waals surface area contributed by atoms with Crippen LogP contribution in [0.15, 0.2) is 23.0 Å². The summed E-state index contributed by atoms with van der Waals surface area (Å²) in [5, 5.41) is 3.80. The molecule has 0 saturated carbocycles. The van der Waals surface area contributed by atoms with Crippen molar-refractivity contribution in [2.75, 3.05) is 26.2 Å². The van der Waals surface area contributed by atoms with Crippen molar-refractivity contribution in [3.05, 3.63) is 32.9 Å². The lowest BCUT2D eigenvalue weighted by atomic mass is 10.3. The number of rotatable bonds is 3. The smallest absolute Gasteiger partial charge is 0.309 e. The SMILES string of the molecule is O=CC(N1CCNCC1)n1c(=O)sc2ccc(Cl)cc21. The van der Waals surface area contributed by atoms with E-state index < -0.39 is 6.17 Å². The van der Waals surface area contributed by atoms with Crippen LogP contribution in [-0.2, 0) is 4.79 Å². The van der Waals surface area contributed by atoms with E-state index in [1.54, 1.807) is 16.7 Å². The van der Waals surface area contributed by atoms with Crippen LogP contribution in [0, 0.1) is 0 Å². The van der Waals surface area contributed by atoms with Crippen molar-refractivity contribution >= 4 is 39.4 Å². The number of carbonyl (C=O) groups excluding carboxylic acids is 1. The Balaban J connectivity index is 2.10. The van der Waals surface area contributed by atoms with Gasteiger partial charge < -0.3 is 5.32 Å². The van der Waals surface area contributed by atoms with Crippen molar-refractivity contribution in [1.29, 1.82) is 0 Å². The number of carbonyl (C=O) groups is 1. The molecule has 0 radical (unpaired) electrons. The third-order valence-electron chi connectivity index (χ3n) is 3.49. The predicted octanol–water partition coefficient (Wildman–Crippen LogP) is 1.32. The first kappa shape index (κ1) is 13.8. The molecule has 106 valence electrons. The zero-order valence-electron chi connectivity index (χ0n) is 10.7. The molecular weight excluding hydrogens is 298 g/mol. The van der Waals surface area contributed by atoms with Gasteiger partial charge in [-0.25, -0.2) is 0 Å². The molecule has 1 aromatic carbocycles. The molecule has 0 spiro atoms. The van der Waals surface area contributed by atoms with E-state index in [-0.39, 0.29) is 4.87 Å². The summed E-state index contributed by atoms with van der Waals surface area (Å²) in [5.41, 5.74) is 0.725. The Morgan fingerprint density at radius 1 is 1.35 bits per heavy atom. The number of aldehydes is 1. The predicted molar refractivity (Wildman–Crippen MR) is 80.6 cm³/mol. The van der Waals surface area contributed by atoms with Gasteiger partial charge in [-0.05, 0) is 18.2 Å². The van der Waals surface area contributed by atoms with Crippen LogP contribution in [0.3, 0.4) is 0 Å². The number of hydrogen-bond acceptors (Lipinski definition) is 5. The quantitative estimate of drug-likeness (QED) is 0.869. The van der Waals surface area contributed by atoms with E-state index in [2.05, 4.69) is 5.32 Å². The molecule has 1 N–H and O–H groups in total. The summed E-state index contributed by atoms with van der Waals surface area (Å²) in [6.45, 7) is 3.13. The van der Waals surface area contributed by atoms with Gasteiger partial charge >= 0.3 is 4.87 Å². The summed E-state index contributed by atoms with van der Waals surface area (Å²) in [6.07, 6.45) is 0.275. The number of benzene rings is 1. The van der Waals surface area contributed by atoms with Gasteiger partial charge in [-0.2, -0.15) is 0 Å². The maximum Gasteiger partial charge on any atom is 0.309 e. The van der Waals surface area contributed by atoms with Crippen LogP contribution in [0.4, 0.5) is 0 Å². The van der Waals surface area contributed by atoms with Crippen molar-refractivity contribution in [3.63, 3.8) is 0 Å². The van der Waals surface area contributed by atoms with E-state index in [4.69, 9.17) is 11.6 Å². The van der Waals surface area contributed by atoms with Gasteiger partial charge in [0.2, 0.25) is 0 Å². The summed E-state index contributed by atoms with van der Waals surface area (Å²) in [6, 6.07) is 5.32. The molecule has 7 heteroatoms. The molecule has 0 aliphatic carbocycles. The standard InChI is InChI=1S/C13H14ClN3O2S/c14-9-1-2-11-10(7-9)17(13(19)20-11)12(8-18)16-5-3-15-4-6-16/h1-2,7-8,12,15H,3-6H2. The second-order valence-electron chi connectivity index (χ2n) is 4.69. The molecule has 1 aromatic heterocycles. The molecule has 0 bridgehead atoms. The van der Waals surface area contributed by atoms with Crippen LogP contribution in [-0.4, -0.2) is 41.9 Å². The fourth-order valence-electron chi connectivity index (χ4n) is 2.51. The summed E-state index contributed by atoms with van der Waals surface area (Å²) in [7, 11) is 0. The van der Waals surface area contributed by atoms with Crippen molar-refractivity contribution in [3.8, 4) is 0 Å². The molecule has 1 aliphatic heterocycles. The zero-order valence-corrected chi connectivity index (χ0v) is 12.3. The lowest BCUT2D eigenvalue weighted by molar-refractivity contribution is -0.115. The Hall–Kier alpha value is -1.21. The monoisotopic (exact) mass is 311 g/mol. The Morgan fingerprint density at radius 3 is 2.80 bits per heavy atom. The van der Waals surface area contributed by atoms with Crippen molar-refractivity contribution in [2.24, 2.45) is 0 Å². The van der Waals surface area contributed by atoms with Crippen LogP contribution >= 0.6 is 22.9 Å². The van der Waals surface area contributed by atoms with Gasteiger partial charge in [0.05, 0.1) is 10.2 Å². The molecule has 0 amide bonds. The van der Waals surface area contributed by atoms with Gasteiger partial charge in [-0.15, -0.1) is 0 Å². The highest BCUT2D eigenvalue weighted by molar-refractivity contribution is 7.16. The van der Waals surface area contributed by atoms with Gasteiger partial charge in [0.25, 0.3) is 0 Å². The maximum absolute atomic E-state index is 12.2. The molecule has 2 heterocycles. The van der Waals surface area contributed by atoms with Crippen LogP contribution < -0.4 is 10.2 Å². The second-order valence-corrected chi connectivity index (χ2v) is 6.12. The summed E-state index contributed by atoms with van der Waals surface area (Å²) in [5.74, 6) is 0. The maximum atomic E-state index is 12.2. The van der Waals surface area contributed by atoms with E-state index in [9.17, 15) is 9.59 Å². The van der Waals surface area contributed by atoms with Crippen LogP contribution in [0.1, 0.15) is 6.17 Å². The van der Waals surface area contributed by atoms with Gasteiger partial charge in [-0.1, -0.05) is 22.9 Å². The van der Waals surface area contributed by atoms with Crippen LogP contribution in [0.25, 0.3) is 10.2 Å². The van der Waals surface area contributed by atoms with Crippen molar-refractivity contribution in [2.45, 2.75) is 6.17 Å². The zero-order chi connectivity index (χ0) is 14.1. The molecule has 5 nitrogen and oxygen atoms in total. The van der Waals surface area contributed by atoms with Gasteiger partial charge in [0.15, 0.2) is 6.29 Å². The van der Waals surface area contributed by atoms with Gasteiger partial charge in [-0.3, -0.25) is 19.1 Å². The second kappa shape index (κ2) is 5.65. The molecule has 1 unspecified atom stereocenters. The lowest BCUT2D eigenvalue weighted by Crippen LogP contribution is -2.48. The summed E-state index contributed by atoms with van der Waals surface area (Å²) >= 11 is 7.15. The van der Waals surface area contributed by atoms with E-state index in [0.717, 1.165) is 54.0 Å². The highest BCUT2D eigenvalue weighted by atomic mass is 35.5. The minimum atomic E-state index is -0.559. The number of halogens is 1. The molecule has 1 atom stereocenters. The summed E-state index contributed by atoms with van der Waals surface area (Å²) in [4.78, 5) is 25.6. The average Bonchev–Trinajstić information content (AvgIpc) is 2.77. The Labute approximate surface area is 124 Å².